The molecular formula is C22H47NO3S. The molecule has 1 rings (SSSR count). The largest absolute Gasteiger partial charge is 0.748 e. The lowest BCUT2D eigenvalue weighted by Gasteiger charge is -2.42. The van der Waals surface area contributed by atoms with Gasteiger partial charge in [0.15, 0.2) is 0 Å². The third-order valence-electron chi connectivity index (χ3n) is 5.74. The topological polar surface area (TPSA) is 57.2 Å². The van der Waals surface area contributed by atoms with Crippen molar-refractivity contribution in [1.29, 1.82) is 0 Å². The van der Waals surface area contributed by atoms with E-state index in [1.54, 1.807) is 0 Å². The molecule has 1 aliphatic heterocycles. The highest BCUT2D eigenvalue weighted by Crippen LogP contribution is 2.22. The van der Waals surface area contributed by atoms with E-state index in [1.165, 1.54) is 127 Å². The van der Waals surface area contributed by atoms with E-state index >= 15 is 0 Å². The van der Waals surface area contributed by atoms with Gasteiger partial charge < -0.3 is 9.04 Å². The van der Waals surface area contributed by atoms with Crippen LogP contribution in [0.2, 0.25) is 0 Å². The first-order chi connectivity index (χ1) is 12.8. The van der Waals surface area contributed by atoms with Crippen LogP contribution in [0.1, 0.15) is 110 Å². The Hall–Kier alpha value is -0.130. The van der Waals surface area contributed by atoms with Gasteiger partial charge in [-0.2, -0.15) is 0 Å². The van der Waals surface area contributed by atoms with Crippen LogP contribution >= 0.6 is 0 Å². The molecular weight excluding hydrogens is 358 g/mol. The molecule has 0 N–H and O–H groups in total. The van der Waals surface area contributed by atoms with Crippen LogP contribution < -0.4 is 0 Å². The summed E-state index contributed by atoms with van der Waals surface area (Å²) in [4.78, 5) is 0. The zero-order valence-electron chi connectivity index (χ0n) is 18.5. The van der Waals surface area contributed by atoms with Gasteiger partial charge in [0, 0.05) is 6.26 Å². The number of hydrogen-bond acceptors (Lipinski definition) is 3. The summed E-state index contributed by atoms with van der Waals surface area (Å²) in [5.74, 6) is 0. The van der Waals surface area contributed by atoms with E-state index in [9.17, 15) is 0 Å². The Morgan fingerprint density at radius 1 is 0.667 bits per heavy atom. The fourth-order valence-corrected chi connectivity index (χ4v) is 4.17. The van der Waals surface area contributed by atoms with Gasteiger partial charge in [0.25, 0.3) is 0 Å². The molecule has 0 spiro atoms. The molecule has 0 amide bonds. The lowest BCUT2D eigenvalue weighted by atomic mass is 10.0. The van der Waals surface area contributed by atoms with Crippen LogP contribution in [-0.4, -0.2) is 49.9 Å². The minimum atomic E-state index is -3.92. The second-order valence-corrected chi connectivity index (χ2v) is 9.94. The van der Waals surface area contributed by atoms with Crippen molar-refractivity contribution in [2.75, 3.05) is 32.4 Å². The Morgan fingerprint density at radius 3 is 1.48 bits per heavy atom. The average molecular weight is 406 g/mol. The second kappa shape index (κ2) is 16.8. The van der Waals surface area contributed by atoms with Gasteiger partial charge in [-0.1, -0.05) is 71.6 Å². The minimum Gasteiger partial charge on any atom is -0.748 e. The van der Waals surface area contributed by atoms with E-state index in [1.807, 2.05) is 0 Å². The molecule has 164 valence electrons. The molecule has 27 heavy (non-hydrogen) atoms. The summed E-state index contributed by atoms with van der Waals surface area (Å²) in [6.45, 7) is 10.6. The quantitative estimate of drug-likeness (QED) is 0.206. The van der Waals surface area contributed by atoms with Crippen molar-refractivity contribution >= 4 is 10.1 Å². The first kappa shape index (κ1) is 26.9. The Kier molecular flexibility index (Phi) is 16.7. The van der Waals surface area contributed by atoms with E-state index < -0.39 is 10.1 Å². The van der Waals surface area contributed by atoms with Crippen molar-refractivity contribution in [2.24, 2.45) is 0 Å². The SMILES string of the molecule is CCCCCCCCCCCC[N+]1(CCCC)CCCCC1.CS(=O)(=O)[O-]. The molecule has 0 radical (unpaired) electrons. The molecule has 1 saturated heterocycles. The van der Waals surface area contributed by atoms with Gasteiger partial charge in [-0.05, 0) is 38.5 Å². The van der Waals surface area contributed by atoms with Crippen LogP contribution in [0.3, 0.4) is 0 Å². The normalized spacial score (nSPS) is 16.6. The van der Waals surface area contributed by atoms with Crippen molar-refractivity contribution in [3.8, 4) is 0 Å². The maximum Gasteiger partial charge on any atom is 0.0916 e. The average Bonchev–Trinajstić information content (AvgIpc) is 2.61. The molecule has 4 nitrogen and oxygen atoms in total. The maximum atomic E-state index is 9.08. The second-order valence-electron chi connectivity index (χ2n) is 8.54. The number of hydrogen-bond donors (Lipinski definition) is 0. The highest BCUT2D eigenvalue weighted by atomic mass is 32.2. The van der Waals surface area contributed by atoms with Crippen LogP contribution in [0.25, 0.3) is 0 Å². The third kappa shape index (κ3) is 19.0. The Balaban J connectivity index is 0.00000119. The standard InChI is InChI=1S/C21H44N.CH4O3S/c1-3-5-7-8-9-10-11-12-13-15-19-22(18-6-4-2)20-16-14-17-21-22;1-5(2,3)4/h3-21H2,1-2H3;1H3,(H,2,3,4)/q+1;/p-1. The number of unbranched alkanes of at least 4 members (excludes halogenated alkanes) is 10. The molecule has 0 aromatic heterocycles. The van der Waals surface area contributed by atoms with Gasteiger partial charge in [-0.25, -0.2) is 8.42 Å². The summed E-state index contributed by atoms with van der Waals surface area (Å²) in [7, 11) is -3.92. The molecule has 5 heteroatoms. The van der Waals surface area contributed by atoms with E-state index in [2.05, 4.69) is 13.8 Å². The summed E-state index contributed by atoms with van der Waals surface area (Å²) in [5.41, 5.74) is 0. The molecule has 0 bridgehead atoms. The molecule has 0 aromatic carbocycles. The van der Waals surface area contributed by atoms with E-state index in [0.29, 0.717) is 6.26 Å². The van der Waals surface area contributed by atoms with Crippen molar-refractivity contribution < 1.29 is 17.5 Å². The van der Waals surface area contributed by atoms with Crippen LogP contribution in [0.15, 0.2) is 0 Å². The van der Waals surface area contributed by atoms with Gasteiger partial charge in [-0.3, -0.25) is 0 Å². The molecule has 0 saturated carbocycles. The van der Waals surface area contributed by atoms with Gasteiger partial charge in [0.1, 0.15) is 0 Å². The van der Waals surface area contributed by atoms with Crippen LogP contribution in [0.4, 0.5) is 0 Å². The molecule has 1 fully saturated rings. The van der Waals surface area contributed by atoms with Crippen LogP contribution in [0.5, 0.6) is 0 Å². The van der Waals surface area contributed by atoms with E-state index in [4.69, 9.17) is 13.0 Å². The molecule has 0 aromatic rings. The summed E-state index contributed by atoms with van der Waals surface area (Å²) < 4.78 is 28.7. The highest BCUT2D eigenvalue weighted by Gasteiger charge is 2.28. The van der Waals surface area contributed by atoms with E-state index in [0.717, 1.165) is 0 Å². The lowest BCUT2D eigenvalue weighted by Crippen LogP contribution is -2.52. The van der Waals surface area contributed by atoms with Crippen molar-refractivity contribution in [3.05, 3.63) is 0 Å². The summed E-state index contributed by atoms with van der Waals surface area (Å²) in [6, 6.07) is 0. The van der Waals surface area contributed by atoms with Crippen molar-refractivity contribution in [3.63, 3.8) is 0 Å². The third-order valence-corrected chi connectivity index (χ3v) is 5.74. The maximum absolute atomic E-state index is 9.08. The summed E-state index contributed by atoms with van der Waals surface area (Å²) >= 11 is 0. The van der Waals surface area contributed by atoms with Crippen LogP contribution in [0, 0.1) is 0 Å². The fourth-order valence-electron chi connectivity index (χ4n) is 4.17. The van der Waals surface area contributed by atoms with Gasteiger partial charge in [0.05, 0.1) is 36.3 Å². The van der Waals surface area contributed by atoms with Gasteiger partial charge in [-0.15, -0.1) is 0 Å². The number of piperidine rings is 1. The van der Waals surface area contributed by atoms with Gasteiger partial charge >= 0.3 is 0 Å². The lowest BCUT2D eigenvalue weighted by molar-refractivity contribution is -0.932. The zero-order chi connectivity index (χ0) is 20.4. The number of rotatable bonds is 14. The molecule has 1 aliphatic rings. The fraction of sp³-hybridized carbons (Fsp3) is 1.00. The predicted molar refractivity (Wildman–Crippen MR) is 116 cm³/mol. The zero-order valence-corrected chi connectivity index (χ0v) is 19.3. The summed E-state index contributed by atoms with van der Waals surface area (Å²) in [6.07, 6.45) is 22.6. The Labute approximate surface area is 170 Å². The van der Waals surface area contributed by atoms with Crippen molar-refractivity contribution in [1.82, 2.24) is 0 Å². The molecule has 1 heterocycles. The monoisotopic (exact) mass is 405 g/mol. The highest BCUT2D eigenvalue weighted by molar-refractivity contribution is 7.84. The van der Waals surface area contributed by atoms with Crippen molar-refractivity contribution in [2.45, 2.75) is 110 Å². The minimum absolute atomic E-state index is 0.604. The molecule has 0 aliphatic carbocycles. The number of quaternary nitrogens is 1. The number of nitrogens with zero attached hydrogens (tertiary/aromatic N) is 1. The summed E-state index contributed by atoms with van der Waals surface area (Å²) in [5, 5.41) is 0. The molecule has 0 unspecified atom stereocenters. The Morgan fingerprint density at radius 2 is 1.04 bits per heavy atom. The first-order valence-corrected chi connectivity index (χ1v) is 13.4. The Bertz CT molecular complexity index is 409. The van der Waals surface area contributed by atoms with E-state index in [-0.39, 0.29) is 0 Å². The molecule has 0 atom stereocenters. The van der Waals surface area contributed by atoms with Crippen LogP contribution in [-0.2, 0) is 10.1 Å². The van der Waals surface area contributed by atoms with Gasteiger partial charge in [0.2, 0.25) is 0 Å². The smallest absolute Gasteiger partial charge is 0.0916 e. The number of likely N-dealkylation sites (tertiary alicyclic amines) is 1. The predicted octanol–water partition coefficient (Wildman–Crippen LogP) is 5.87. The first-order valence-electron chi connectivity index (χ1n) is 11.6.